The number of ether oxygens (including phenoxy) is 1. The van der Waals surface area contributed by atoms with Gasteiger partial charge in [0.2, 0.25) is 0 Å². The summed E-state index contributed by atoms with van der Waals surface area (Å²) in [6.07, 6.45) is 1.09. The SMILES string of the molecule is CN(CCO)[C@@H]1[C@@H](O)[C@H](Oc2cccc(F)c2)C[C@H]1NC(=O)c1cocn1. The fourth-order valence-corrected chi connectivity index (χ4v) is 3.41. The maximum Gasteiger partial charge on any atom is 0.273 e. The minimum atomic E-state index is -0.951. The van der Waals surface area contributed by atoms with E-state index in [4.69, 9.17) is 9.15 Å². The van der Waals surface area contributed by atoms with Crippen LogP contribution in [0.1, 0.15) is 16.9 Å². The van der Waals surface area contributed by atoms with E-state index in [0.29, 0.717) is 18.7 Å². The number of halogens is 1. The first-order valence-electron chi connectivity index (χ1n) is 8.60. The number of aliphatic hydroxyl groups is 2. The van der Waals surface area contributed by atoms with E-state index in [-0.39, 0.29) is 12.3 Å². The minimum Gasteiger partial charge on any atom is -0.487 e. The fraction of sp³-hybridized carbons (Fsp3) is 0.444. The lowest BCUT2D eigenvalue weighted by molar-refractivity contribution is 0.0109. The van der Waals surface area contributed by atoms with Crippen LogP contribution in [0.15, 0.2) is 41.3 Å². The molecule has 1 aliphatic rings. The van der Waals surface area contributed by atoms with Crippen LogP contribution in [0.25, 0.3) is 0 Å². The predicted molar refractivity (Wildman–Crippen MR) is 92.7 cm³/mol. The highest BCUT2D eigenvalue weighted by molar-refractivity contribution is 5.92. The molecule has 0 saturated heterocycles. The van der Waals surface area contributed by atoms with Crippen LogP contribution in [-0.4, -0.2) is 70.5 Å². The summed E-state index contributed by atoms with van der Waals surface area (Å²) in [5.74, 6) is -0.578. The van der Waals surface area contributed by atoms with Gasteiger partial charge in [0.15, 0.2) is 12.1 Å². The number of hydrogen-bond donors (Lipinski definition) is 3. The van der Waals surface area contributed by atoms with Crippen molar-refractivity contribution in [2.75, 3.05) is 20.2 Å². The normalized spacial score (nSPS) is 24.9. The Bertz CT molecular complexity index is 757. The van der Waals surface area contributed by atoms with Gasteiger partial charge in [-0.05, 0) is 19.2 Å². The van der Waals surface area contributed by atoms with E-state index in [2.05, 4.69) is 10.3 Å². The molecule has 3 rings (SSSR count). The minimum absolute atomic E-state index is 0.0981. The van der Waals surface area contributed by atoms with E-state index in [9.17, 15) is 19.4 Å². The number of rotatable bonds is 7. The number of aliphatic hydroxyl groups excluding tert-OH is 2. The van der Waals surface area contributed by atoms with Crippen molar-refractivity contribution in [3.05, 3.63) is 48.4 Å². The molecule has 0 spiro atoms. The van der Waals surface area contributed by atoms with Crippen molar-refractivity contribution in [2.45, 2.75) is 30.7 Å². The molecule has 27 heavy (non-hydrogen) atoms. The molecular formula is C18H22FN3O5. The van der Waals surface area contributed by atoms with Crippen molar-refractivity contribution in [1.82, 2.24) is 15.2 Å². The molecule has 8 nitrogen and oxygen atoms in total. The molecule has 2 aromatic rings. The van der Waals surface area contributed by atoms with Crippen LogP contribution < -0.4 is 10.1 Å². The molecule has 3 N–H and O–H groups in total. The Balaban J connectivity index is 1.76. The molecule has 1 heterocycles. The van der Waals surface area contributed by atoms with Gasteiger partial charge in [0.1, 0.15) is 30.0 Å². The van der Waals surface area contributed by atoms with E-state index < -0.39 is 36.0 Å². The second kappa shape index (κ2) is 8.47. The van der Waals surface area contributed by atoms with Crippen molar-refractivity contribution in [3.63, 3.8) is 0 Å². The predicted octanol–water partition coefficient (Wildman–Crippen LogP) is 0.417. The zero-order valence-corrected chi connectivity index (χ0v) is 14.8. The van der Waals surface area contributed by atoms with Crippen molar-refractivity contribution < 1.29 is 28.6 Å². The van der Waals surface area contributed by atoms with Gasteiger partial charge in [0.05, 0.1) is 18.7 Å². The number of nitrogens with one attached hydrogen (secondary N) is 1. The van der Waals surface area contributed by atoms with Gasteiger partial charge in [-0.25, -0.2) is 9.37 Å². The summed E-state index contributed by atoms with van der Waals surface area (Å²) in [6, 6.07) is 4.71. The molecule has 1 fully saturated rings. The van der Waals surface area contributed by atoms with E-state index in [1.807, 2.05) is 0 Å². The standard InChI is InChI=1S/C18H22FN3O5/c1-22(5-6-23)16-13(21-18(25)14-9-26-10-20-14)8-15(17(16)24)27-12-4-2-3-11(19)7-12/h2-4,7,9-10,13,15-17,23-24H,5-6,8H2,1H3,(H,21,25)/t13-,15-,16+,17+/m1/s1. The first kappa shape index (κ1) is 19.3. The van der Waals surface area contributed by atoms with Gasteiger partial charge in [0, 0.05) is 19.0 Å². The molecule has 0 aliphatic heterocycles. The largest absolute Gasteiger partial charge is 0.487 e. The summed E-state index contributed by atoms with van der Waals surface area (Å²) < 4.78 is 24.0. The number of benzene rings is 1. The first-order chi connectivity index (χ1) is 13.0. The Hall–Kier alpha value is -2.49. The smallest absolute Gasteiger partial charge is 0.273 e. The number of nitrogens with zero attached hydrogens (tertiary/aromatic N) is 2. The quantitative estimate of drug-likeness (QED) is 0.640. The summed E-state index contributed by atoms with van der Waals surface area (Å²) in [4.78, 5) is 17.9. The number of aromatic nitrogens is 1. The molecule has 1 aromatic heterocycles. The van der Waals surface area contributed by atoms with Crippen molar-refractivity contribution in [2.24, 2.45) is 0 Å². The number of amides is 1. The van der Waals surface area contributed by atoms with Crippen molar-refractivity contribution in [1.29, 1.82) is 0 Å². The number of oxazole rings is 1. The third-order valence-electron chi connectivity index (χ3n) is 4.66. The highest BCUT2D eigenvalue weighted by Gasteiger charge is 2.46. The number of carbonyl (C=O) groups excluding carboxylic acids is 1. The van der Waals surface area contributed by atoms with Gasteiger partial charge in [-0.15, -0.1) is 0 Å². The van der Waals surface area contributed by atoms with Gasteiger partial charge < -0.3 is 24.7 Å². The third-order valence-corrected chi connectivity index (χ3v) is 4.66. The lowest BCUT2D eigenvalue weighted by atomic mass is 10.1. The van der Waals surface area contributed by atoms with Crippen molar-refractivity contribution >= 4 is 5.91 Å². The molecule has 4 atom stereocenters. The summed E-state index contributed by atoms with van der Waals surface area (Å²) >= 11 is 0. The van der Waals surface area contributed by atoms with E-state index in [1.54, 1.807) is 18.0 Å². The topological polar surface area (TPSA) is 108 Å². The molecule has 9 heteroatoms. The lowest BCUT2D eigenvalue weighted by Gasteiger charge is -2.31. The number of carbonyl (C=O) groups is 1. The summed E-state index contributed by atoms with van der Waals surface area (Å²) in [5.41, 5.74) is 0.127. The van der Waals surface area contributed by atoms with E-state index >= 15 is 0 Å². The van der Waals surface area contributed by atoms with Crippen LogP contribution in [0.3, 0.4) is 0 Å². The van der Waals surface area contributed by atoms with Gasteiger partial charge >= 0.3 is 0 Å². The highest BCUT2D eigenvalue weighted by Crippen LogP contribution is 2.29. The molecular weight excluding hydrogens is 357 g/mol. The Kier molecular flexibility index (Phi) is 6.04. The zero-order chi connectivity index (χ0) is 19.4. The van der Waals surface area contributed by atoms with Gasteiger partial charge in [-0.1, -0.05) is 6.07 Å². The Morgan fingerprint density at radius 3 is 3.00 bits per heavy atom. The Morgan fingerprint density at radius 2 is 2.33 bits per heavy atom. The van der Waals surface area contributed by atoms with Crippen LogP contribution in [0.2, 0.25) is 0 Å². The number of likely N-dealkylation sites (N-methyl/N-ethyl adjacent to an activating group) is 1. The van der Waals surface area contributed by atoms with Gasteiger partial charge in [-0.3, -0.25) is 9.69 Å². The zero-order valence-electron chi connectivity index (χ0n) is 14.8. The maximum atomic E-state index is 13.4. The van der Waals surface area contributed by atoms with Crippen molar-refractivity contribution in [3.8, 4) is 5.75 Å². The molecule has 146 valence electrons. The fourth-order valence-electron chi connectivity index (χ4n) is 3.41. The van der Waals surface area contributed by atoms with Crippen LogP contribution in [-0.2, 0) is 0 Å². The monoisotopic (exact) mass is 379 g/mol. The summed E-state index contributed by atoms with van der Waals surface area (Å²) in [5, 5.41) is 22.8. The molecule has 1 saturated carbocycles. The Labute approximate surface area is 155 Å². The first-order valence-corrected chi connectivity index (χ1v) is 8.60. The summed E-state index contributed by atoms with van der Waals surface area (Å²) in [7, 11) is 1.74. The molecule has 0 unspecified atom stereocenters. The van der Waals surface area contributed by atoms with Crippen LogP contribution in [0.5, 0.6) is 5.75 Å². The third kappa shape index (κ3) is 4.44. The van der Waals surface area contributed by atoms with Gasteiger partial charge in [0.25, 0.3) is 5.91 Å². The molecule has 0 bridgehead atoms. The van der Waals surface area contributed by atoms with Crippen LogP contribution >= 0.6 is 0 Å². The highest BCUT2D eigenvalue weighted by atomic mass is 19.1. The Morgan fingerprint density at radius 1 is 1.52 bits per heavy atom. The van der Waals surface area contributed by atoms with Gasteiger partial charge in [-0.2, -0.15) is 0 Å². The average molecular weight is 379 g/mol. The molecule has 1 aromatic carbocycles. The van der Waals surface area contributed by atoms with Crippen LogP contribution in [0.4, 0.5) is 4.39 Å². The summed E-state index contributed by atoms with van der Waals surface area (Å²) in [6.45, 7) is 0.212. The number of hydrogen-bond acceptors (Lipinski definition) is 7. The molecule has 1 aliphatic carbocycles. The average Bonchev–Trinajstić information content (AvgIpc) is 3.25. The molecule has 1 amide bonds. The van der Waals surface area contributed by atoms with Crippen LogP contribution in [0, 0.1) is 5.82 Å². The van der Waals surface area contributed by atoms with E-state index in [0.717, 1.165) is 6.39 Å². The molecule has 0 radical (unpaired) electrons. The second-order valence-corrected chi connectivity index (χ2v) is 6.49. The van der Waals surface area contributed by atoms with E-state index in [1.165, 1.54) is 24.5 Å². The second-order valence-electron chi connectivity index (χ2n) is 6.49. The lowest BCUT2D eigenvalue weighted by Crippen LogP contribution is -2.52. The maximum absolute atomic E-state index is 13.4.